The molecule has 0 unspecified atom stereocenters. The molecule has 3 nitrogen and oxygen atoms in total. The van der Waals surface area contributed by atoms with Crippen LogP contribution in [0, 0.1) is 0 Å². The predicted molar refractivity (Wildman–Crippen MR) is 75.5 cm³/mol. The number of nitrogens with zero attached hydrogens (tertiary/aromatic N) is 3. The van der Waals surface area contributed by atoms with Crippen LogP contribution in [0.2, 0.25) is 5.15 Å². The van der Waals surface area contributed by atoms with Crippen molar-refractivity contribution in [2.24, 2.45) is 0 Å². The lowest BCUT2D eigenvalue weighted by Crippen LogP contribution is -1.93. The smallest absolute Gasteiger partial charge is 0.180 e. The molecule has 0 atom stereocenters. The van der Waals surface area contributed by atoms with Gasteiger partial charge in [0.1, 0.15) is 10.8 Å². The van der Waals surface area contributed by atoms with E-state index in [0.29, 0.717) is 16.7 Å². The van der Waals surface area contributed by atoms with Gasteiger partial charge in [0, 0.05) is 16.1 Å². The number of halogens is 2. The summed E-state index contributed by atoms with van der Waals surface area (Å²) in [6.45, 7) is 0. The van der Waals surface area contributed by atoms with Crippen LogP contribution in [0.1, 0.15) is 0 Å². The number of pyridine rings is 1. The van der Waals surface area contributed by atoms with Crippen LogP contribution in [-0.2, 0) is 0 Å². The summed E-state index contributed by atoms with van der Waals surface area (Å²) < 4.78 is 0.850. The second-order valence-electron chi connectivity index (χ2n) is 3.71. The molecular formula is C13H7BrClN3. The Morgan fingerprint density at radius 1 is 1.06 bits per heavy atom. The molecule has 5 heteroatoms. The molecule has 0 bridgehead atoms. The molecule has 18 heavy (non-hydrogen) atoms. The Balaban J connectivity index is 2.26. The van der Waals surface area contributed by atoms with E-state index in [1.165, 1.54) is 0 Å². The topological polar surface area (TPSA) is 38.7 Å². The van der Waals surface area contributed by atoms with E-state index < -0.39 is 0 Å². The number of benzene rings is 1. The van der Waals surface area contributed by atoms with Gasteiger partial charge in [-0.15, -0.1) is 0 Å². The van der Waals surface area contributed by atoms with Gasteiger partial charge in [-0.05, 0) is 34.1 Å². The molecule has 3 rings (SSSR count). The van der Waals surface area contributed by atoms with Crippen LogP contribution in [0.25, 0.3) is 22.4 Å². The third kappa shape index (κ3) is 2.09. The first-order valence-corrected chi connectivity index (χ1v) is 6.45. The lowest BCUT2D eigenvalue weighted by atomic mass is 10.2. The Bertz CT molecular complexity index is 730. The van der Waals surface area contributed by atoms with Crippen LogP contribution in [0.3, 0.4) is 0 Å². The van der Waals surface area contributed by atoms with Crippen LogP contribution >= 0.6 is 27.5 Å². The first kappa shape index (κ1) is 11.6. The van der Waals surface area contributed by atoms with Gasteiger partial charge in [-0.3, -0.25) is 0 Å². The van der Waals surface area contributed by atoms with Crippen LogP contribution in [0.4, 0.5) is 0 Å². The van der Waals surface area contributed by atoms with Gasteiger partial charge in [-0.25, -0.2) is 15.0 Å². The highest BCUT2D eigenvalue weighted by Gasteiger charge is 2.10. The molecule has 0 spiro atoms. The summed E-state index contributed by atoms with van der Waals surface area (Å²) in [5.41, 5.74) is 1.59. The van der Waals surface area contributed by atoms with E-state index in [-0.39, 0.29) is 0 Å². The van der Waals surface area contributed by atoms with E-state index in [1.807, 2.05) is 30.3 Å². The first-order chi connectivity index (χ1) is 8.74. The minimum absolute atomic E-state index is 0.404. The molecule has 0 fully saturated rings. The van der Waals surface area contributed by atoms with Crippen molar-refractivity contribution < 1.29 is 0 Å². The van der Waals surface area contributed by atoms with Gasteiger partial charge >= 0.3 is 0 Å². The summed E-state index contributed by atoms with van der Waals surface area (Å²) >= 11 is 9.36. The lowest BCUT2D eigenvalue weighted by molar-refractivity contribution is 1.15. The Morgan fingerprint density at radius 3 is 2.72 bits per heavy atom. The third-order valence-corrected chi connectivity index (χ3v) is 3.33. The van der Waals surface area contributed by atoms with Gasteiger partial charge in [-0.2, -0.15) is 0 Å². The van der Waals surface area contributed by atoms with Crippen molar-refractivity contribution in [2.75, 3.05) is 0 Å². The van der Waals surface area contributed by atoms with Gasteiger partial charge in [-0.1, -0.05) is 29.8 Å². The molecule has 2 heterocycles. The Kier molecular flexibility index (Phi) is 2.97. The maximum Gasteiger partial charge on any atom is 0.180 e. The van der Waals surface area contributed by atoms with E-state index in [4.69, 9.17) is 11.6 Å². The number of aromatic nitrogens is 3. The molecule has 2 aromatic heterocycles. The number of hydrogen-bond acceptors (Lipinski definition) is 3. The lowest BCUT2D eigenvalue weighted by Gasteiger charge is -2.05. The van der Waals surface area contributed by atoms with Crippen molar-refractivity contribution >= 4 is 38.4 Å². The fourth-order valence-corrected chi connectivity index (χ4v) is 2.35. The SMILES string of the molecule is Clc1ccnc(-c2nc3ccccc3cc2Br)n1. The Hall–Kier alpha value is -1.52. The largest absolute Gasteiger partial charge is 0.243 e. The number of para-hydroxylation sites is 1. The number of hydrogen-bond donors (Lipinski definition) is 0. The normalized spacial score (nSPS) is 10.8. The molecule has 0 amide bonds. The van der Waals surface area contributed by atoms with Gasteiger partial charge in [0.2, 0.25) is 0 Å². The predicted octanol–water partition coefficient (Wildman–Crippen LogP) is 4.11. The average molecular weight is 321 g/mol. The van der Waals surface area contributed by atoms with Gasteiger partial charge in [0.05, 0.1) is 5.52 Å². The van der Waals surface area contributed by atoms with E-state index in [9.17, 15) is 0 Å². The van der Waals surface area contributed by atoms with Crippen molar-refractivity contribution in [3.05, 3.63) is 52.2 Å². The van der Waals surface area contributed by atoms with Crippen molar-refractivity contribution in [1.29, 1.82) is 0 Å². The zero-order chi connectivity index (χ0) is 12.5. The van der Waals surface area contributed by atoms with Crippen molar-refractivity contribution in [3.63, 3.8) is 0 Å². The molecule has 0 aliphatic carbocycles. The second-order valence-corrected chi connectivity index (χ2v) is 4.96. The minimum atomic E-state index is 0.404. The summed E-state index contributed by atoms with van der Waals surface area (Å²) in [5, 5.41) is 1.47. The molecule has 0 radical (unpaired) electrons. The number of fused-ring (bicyclic) bond motifs is 1. The summed E-state index contributed by atoms with van der Waals surface area (Å²) in [6.07, 6.45) is 1.62. The molecule has 0 N–H and O–H groups in total. The molecule has 0 aliphatic rings. The summed E-state index contributed by atoms with van der Waals surface area (Å²) in [6, 6.07) is 11.5. The van der Waals surface area contributed by atoms with Crippen LogP contribution in [0.5, 0.6) is 0 Å². The van der Waals surface area contributed by atoms with Gasteiger partial charge in [0.25, 0.3) is 0 Å². The van der Waals surface area contributed by atoms with E-state index in [0.717, 1.165) is 15.4 Å². The standard InChI is InChI=1S/C13H7BrClN3/c14-9-7-8-3-1-2-4-10(8)17-12(9)13-16-6-5-11(15)18-13/h1-7H. The van der Waals surface area contributed by atoms with Crippen LogP contribution < -0.4 is 0 Å². The maximum atomic E-state index is 5.87. The van der Waals surface area contributed by atoms with Crippen molar-refractivity contribution in [1.82, 2.24) is 15.0 Å². The quantitative estimate of drug-likeness (QED) is 0.633. The summed E-state index contributed by atoms with van der Waals surface area (Å²) in [5.74, 6) is 0.514. The Labute approximate surface area is 117 Å². The van der Waals surface area contributed by atoms with Gasteiger partial charge < -0.3 is 0 Å². The fourth-order valence-electron chi connectivity index (χ4n) is 1.70. The van der Waals surface area contributed by atoms with E-state index in [2.05, 4.69) is 30.9 Å². The maximum absolute atomic E-state index is 5.87. The summed E-state index contributed by atoms with van der Waals surface area (Å²) in [7, 11) is 0. The monoisotopic (exact) mass is 319 g/mol. The second kappa shape index (κ2) is 4.63. The van der Waals surface area contributed by atoms with E-state index in [1.54, 1.807) is 12.3 Å². The van der Waals surface area contributed by atoms with E-state index >= 15 is 0 Å². The minimum Gasteiger partial charge on any atom is -0.243 e. The summed E-state index contributed by atoms with van der Waals surface area (Å²) in [4.78, 5) is 12.9. The van der Waals surface area contributed by atoms with Crippen LogP contribution in [0.15, 0.2) is 47.1 Å². The zero-order valence-electron chi connectivity index (χ0n) is 9.14. The molecule has 1 aromatic carbocycles. The molecule has 3 aromatic rings. The highest BCUT2D eigenvalue weighted by Crippen LogP contribution is 2.27. The number of rotatable bonds is 1. The third-order valence-electron chi connectivity index (χ3n) is 2.51. The molecule has 0 aliphatic heterocycles. The van der Waals surface area contributed by atoms with Gasteiger partial charge in [0.15, 0.2) is 5.82 Å². The Morgan fingerprint density at radius 2 is 1.89 bits per heavy atom. The zero-order valence-corrected chi connectivity index (χ0v) is 11.5. The molecule has 88 valence electrons. The van der Waals surface area contributed by atoms with Crippen LogP contribution in [-0.4, -0.2) is 15.0 Å². The molecular weight excluding hydrogens is 314 g/mol. The molecule has 0 saturated carbocycles. The first-order valence-electron chi connectivity index (χ1n) is 5.28. The fraction of sp³-hybridized carbons (Fsp3) is 0. The highest BCUT2D eigenvalue weighted by molar-refractivity contribution is 9.10. The van der Waals surface area contributed by atoms with Crippen molar-refractivity contribution in [3.8, 4) is 11.5 Å². The average Bonchev–Trinajstić information content (AvgIpc) is 2.38. The van der Waals surface area contributed by atoms with Crippen molar-refractivity contribution in [2.45, 2.75) is 0 Å². The molecule has 0 saturated heterocycles. The highest BCUT2D eigenvalue weighted by atomic mass is 79.9.